The van der Waals surface area contributed by atoms with E-state index in [9.17, 15) is 4.79 Å². The first-order valence-electron chi connectivity index (χ1n) is 7.85. The van der Waals surface area contributed by atoms with Crippen LogP contribution in [0, 0.1) is 0 Å². The molecule has 1 N–H and O–H groups in total. The highest BCUT2D eigenvalue weighted by Gasteiger charge is 2.07. The molecule has 1 aromatic heterocycles. The standard InChI is InChI=1S/C21H14BrNO2/c22-15-8-5-14(6-9-15)7-12-21(24)25-16-10-11-20-18(13-16)17-3-1-2-4-19(17)23-20/h1-13,23H/b12-7+. The molecule has 4 aromatic rings. The maximum absolute atomic E-state index is 12.1. The fraction of sp³-hybridized carbons (Fsp3) is 0. The van der Waals surface area contributed by atoms with Crippen molar-refractivity contribution in [1.82, 2.24) is 4.98 Å². The van der Waals surface area contributed by atoms with Crippen LogP contribution in [-0.2, 0) is 4.79 Å². The summed E-state index contributed by atoms with van der Waals surface area (Å²) in [5.74, 6) is 0.129. The zero-order chi connectivity index (χ0) is 17.2. The first-order chi connectivity index (χ1) is 12.2. The van der Waals surface area contributed by atoms with Crippen molar-refractivity contribution in [3.63, 3.8) is 0 Å². The Bertz CT molecular complexity index is 1090. The van der Waals surface area contributed by atoms with Gasteiger partial charge >= 0.3 is 5.97 Å². The molecule has 0 bridgehead atoms. The highest BCUT2D eigenvalue weighted by Crippen LogP contribution is 2.28. The number of para-hydroxylation sites is 1. The summed E-state index contributed by atoms with van der Waals surface area (Å²) in [4.78, 5) is 15.4. The number of halogens is 1. The molecular weight excluding hydrogens is 378 g/mol. The van der Waals surface area contributed by atoms with Gasteiger partial charge in [-0.3, -0.25) is 0 Å². The molecule has 0 spiro atoms. The molecule has 25 heavy (non-hydrogen) atoms. The average molecular weight is 392 g/mol. The molecule has 0 unspecified atom stereocenters. The zero-order valence-electron chi connectivity index (χ0n) is 13.2. The molecule has 0 fully saturated rings. The molecule has 0 saturated heterocycles. The van der Waals surface area contributed by atoms with Crippen molar-refractivity contribution in [1.29, 1.82) is 0 Å². The maximum Gasteiger partial charge on any atom is 0.336 e. The third kappa shape index (κ3) is 3.35. The number of fused-ring (bicyclic) bond motifs is 3. The lowest BCUT2D eigenvalue weighted by Crippen LogP contribution is -2.03. The van der Waals surface area contributed by atoms with E-state index in [4.69, 9.17) is 4.74 Å². The second kappa shape index (κ2) is 6.57. The van der Waals surface area contributed by atoms with Gasteiger partial charge in [-0.2, -0.15) is 0 Å². The highest BCUT2D eigenvalue weighted by atomic mass is 79.9. The molecule has 0 atom stereocenters. The zero-order valence-corrected chi connectivity index (χ0v) is 14.8. The second-order valence-corrected chi connectivity index (χ2v) is 6.60. The summed E-state index contributed by atoms with van der Waals surface area (Å²) in [5, 5.41) is 2.15. The van der Waals surface area contributed by atoms with Crippen LogP contribution in [0.1, 0.15) is 5.56 Å². The lowest BCUT2D eigenvalue weighted by molar-refractivity contribution is -0.128. The number of aromatic amines is 1. The van der Waals surface area contributed by atoms with Crippen molar-refractivity contribution in [2.45, 2.75) is 0 Å². The van der Waals surface area contributed by atoms with Gasteiger partial charge in [0.2, 0.25) is 0 Å². The largest absolute Gasteiger partial charge is 0.423 e. The van der Waals surface area contributed by atoms with Crippen molar-refractivity contribution in [2.24, 2.45) is 0 Å². The van der Waals surface area contributed by atoms with E-state index in [1.54, 1.807) is 12.1 Å². The quantitative estimate of drug-likeness (QED) is 0.276. The number of carbonyl (C=O) groups is 1. The molecule has 4 heteroatoms. The van der Waals surface area contributed by atoms with E-state index >= 15 is 0 Å². The van der Waals surface area contributed by atoms with E-state index in [1.165, 1.54) is 6.08 Å². The van der Waals surface area contributed by atoms with Crippen LogP contribution < -0.4 is 4.74 Å². The number of hydrogen-bond donors (Lipinski definition) is 1. The lowest BCUT2D eigenvalue weighted by atomic mass is 10.1. The van der Waals surface area contributed by atoms with Gasteiger partial charge < -0.3 is 9.72 Å². The van der Waals surface area contributed by atoms with E-state index in [-0.39, 0.29) is 0 Å². The molecule has 4 rings (SSSR count). The minimum absolute atomic E-state index is 0.401. The van der Waals surface area contributed by atoms with Gasteiger partial charge in [0.15, 0.2) is 0 Å². The number of rotatable bonds is 3. The molecule has 0 aliphatic carbocycles. The molecule has 0 radical (unpaired) electrons. The molecule has 0 aliphatic heterocycles. The van der Waals surface area contributed by atoms with Gasteiger partial charge in [0, 0.05) is 32.4 Å². The van der Waals surface area contributed by atoms with Crippen LogP contribution in [0.3, 0.4) is 0 Å². The minimum Gasteiger partial charge on any atom is -0.423 e. The summed E-state index contributed by atoms with van der Waals surface area (Å²) >= 11 is 3.38. The Morgan fingerprint density at radius 2 is 1.68 bits per heavy atom. The number of benzene rings is 3. The summed E-state index contributed by atoms with van der Waals surface area (Å²) in [6.45, 7) is 0. The van der Waals surface area contributed by atoms with E-state index in [0.29, 0.717) is 5.75 Å². The molecule has 0 amide bonds. The Morgan fingerprint density at radius 1 is 0.920 bits per heavy atom. The van der Waals surface area contributed by atoms with Gasteiger partial charge in [-0.15, -0.1) is 0 Å². The van der Waals surface area contributed by atoms with Gasteiger partial charge in [0.25, 0.3) is 0 Å². The highest BCUT2D eigenvalue weighted by molar-refractivity contribution is 9.10. The van der Waals surface area contributed by atoms with Crippen LogP contribution in [0.25, 0.3) is 27.9 Å². The van der Waals surface area contributed by atoms with E-state index in [0.717, 1.165) is 31.8 Å². The van der Waals surface area contributed by atoms with Crippen LogP contribution in [0.4, 0.5) is 0 Å². The van der Waals surface area contributed by atoms with Crippen molar-refractivity contribution in [3.05, 3.63) is 82.8 Å². The molecule has 0 saturated carbocycles. The molecule has 0 aliphatic rings. The normalized spacial score (nSPS) is 11.4. The van der Waals surface area contributed by atoms with Crippen molar-refractivity contribution >= 4 is 49.8 Å². The molecule has 122 valence electrons. The van der Waals surface area contributed by atoms with Crippen molar-refractivity contribution in [3.8, 4) is 5.75 Å². The van der Waals surface area contributed by atoms with Crippen LogP contribution in [0.5, 0.6) is 5.75 Å². The van der Waals surface area contributed by atoms with Crippen LogP contribution >= 0.6 is 15.9 Å². The first kappa shape index (κ1) is 15.7. The smallest absolute Gasteiger partial charge is 0.336 e. The molecule has 1 heterocycles. The third-order valence-electron chi connectivity index (χ3n) is 3.98. The third-order valence-corrected chi connectivity index (χ3v) is 4.51. The number of H-pyrrole nitrogens is 1. The van der Waals surface area contributed by atoms with Crippen LogP contribution in [0.2, 0.25) is 0 Å². The topological polar surface area (TPSA) is 42.1 Å². The van der Waals surface area contributed by atoms with Crippen LogP contribution in [0.15, 0.2) is 77.3 Å². The molecule has 3 nitrogen and oxygen atoms in total. The SMILES string of the molecule is O=C(/C=C/c1ccc(Br)cc1)Oc1ccc2[nH]c3ccccc3c2c1. The minimum atomic E-state index is -0.401. The summed E-state index contributed by atoms with van der Waals surface area (Å²) in [6.07, 6.45) is 3.17. The number of nitrogens with one attached hydrogen (secondary N) is 1. The van der Waals surface area contributed by atoms with E-state index in [2.05, 4.69) is 20.9 Å². The Morgan fingerprint density at radius 3 is 2.52 bits per heavy atom. The number of hydrogen-bond acceptors (Lipinski definition) is 2. The van der Waals surface area contributed by atoms with Crippen molar-refractivity contribution in [2.75, 3.05) is 0 Å². The van der Waals surface area contributed by atoms with Gasteiger partial charge in [-0.25, -0.2) is 4.79 Å². The van der Waals surface area contributed by atoms with Gasteiger partial charge in [0.1, 0.15) is 5.75 Å². The average Bonchev–Trinajstić information content (AvgIpc) is 2.99. The van der Waals surface area contributed by atoms with Crippen LogP contribution in [-0.4, -0.2) is 11.0 Å². The monoisotopic (exact) mass is 391 g/mol. The Balaban J connectivity index is 1.56. The van der Waals surface area contributed by atoms with E-state index in [1.807, 2.05) is 60.7 Å². The Labute approximate surface area is 153 Å². The van der Waals surface area contributed by atoms with Gasteiger partial charge in [0.05, 0.1) is 0 Å². The maximum atomic E-state index is 12.1. The number of carbonyl (C=O) groups excluding carboxylic acids is 1. The fourth-order valence-corrected chi connectivity index (χ4v) is 3.04. The summed E-state index contributed by atoms with van der Waals surface area (Å²) in [6, 6.07) is 21.4. The van der Waals surface area contributed by atoms with E-state index < -0.39 is 5.97 Å². The van der Waals surface area contributed by atoms with Crippen molar-refractivity contribution < 1.29 is 9.53 Å². The Kier molecular flexibility index (Phi) is 4.12. The van der Waals surface area contributed by atoms with Gasteiger partial charge in [-0.05, 0) is 48.0 Å². The molecular formula is C21H14BrNO2. The second-order valence-electron chi connectivity index (χ2n) is 5.68. The first-order valence-corrected chi connectivity index (χ1v) is 8.64. The number of ether oxygens (including phenoxy) is 1. The lowest BCUT2D eigenvalue weighted by Gasteiger charge is -2.01. The predicted octanol–water partition coefficient (Wildman–Crippen LogP) is 5.70. The predicted molar refractivity (Wildman–Crippen MR) is 105 cm³/mol. The van der Waals surface area contributed by atoms with Gasteiger partial charge in [-0.1, -0.05) is 46.3 Å². The fourth-order valence-electron chi connectivity index (χ4n) is 2.78. The summed E-state index contributed by atoms with van der Waals surface area (Å²) in [5.41, 5.74) is 3.02. The Hall–Kier alpha value is -2.85. The summed E-state index contributed by atoms with van der Waals surface area (Å²) in [7, 11) is 0. The molecule has 3 aromatic carbocycles. The number of aromatic nitrogens is 1. The summed E-state index contributed by atoms with van der Waals surface area (Å²) < 4.78 is 6.44. The number of esters is 1.